The average molecular weight is 308 g/mol. The van der Waals surface area contributed by atoms with Crippen LogP contribution in [0.1, 0.15) is 16.7 Å². The topological polar surface area (TPSA) is 15.7 Å². The number of fused-ring (bicyclic) bond motifs is 2. The highest BCUT2D eigenvalue weighted by Gasteiger charge is 2.22. The Bertz CT molecular complexity index is 684. The minimum Gasteiger partial charge on any atom is -0.490 e. The van der Waals surface area contributed by atoms with Crippen molar-refractivity contribution < 1.29 is 4.74 Å². The standard InChI is InChI=1S/C20H24N2O/c1-21-9-7-17-13-19-20(14-18(17)8-10-21)23-12-11-22(19)15-16-5-3-2-4-6-16/h2-6,13-14H,7-12,15H2,1H3. The van der Waals surface area contributed by atoms with Crippen molar-refractivity contribution in [2.45, 2.75) is 19.4 Å². The zero-order chi connectivity index (χ0) is 15.6. The molecule has 0 atom stereocenters. The lowest BCUT2D eigenvalue weighted by atomic mass is 10.00. The number of benzene rings is 2. The van der Waals surface area contributed by atoms with Crippen LogP contribution in [0.4, 0.5) is 5.69 Å². The van der Waals surface area contributed by atoms with Crippen molar-refractivity contribution in [3.05, 3.63) is 59.2 Å². The molecule has 2 aromatic carbocycles. The molecule has 0 aliphatic carbocycles. The zero-order valence-electron chi connectivity index (χ0n) is 13.8. The van der Waals surface area contributed by atoms with Crippen LogP contribution in [0.5, 0.6) is 5.75 Å². The van der Waals surface area contributed by atoms with E-state index < -0.39 is 0 Å². The second kappa shape index (κ2) is 6.25. The Morgan fingerprint density at radius 2 is 1.70 bits per heavy atom. The minimum atomic E-state index is 0.776. The molecular weight excluding hydrogens is 284 g/mol. The molecule has 2 aliphatic heterocycles. The van der Waals surface area contributed by atoms with E-state index in [1.807, 2.05) is 0 Å². The van der Waals surface area contributed by atoms with Gasteiger partial charge in [0.2, 0.25) is 0 Å². The summed E-state index contributed by atoms with van der Waals surface area (Å²) in [5.74, 6) is 1.07. The van der Waals surface area contributed by atoms with Gasteiger partial charge in [-0.05, 0) is 48.7 Å². The molecule has 23 heavy (non-hydrogen) atoms. The molecule has 0 bridgehead atoms. The van der Waals surface area contributed by atoms with Gasteiger partial charge in [-0.15, -0.1) is 0 Å². The first-order valence-electron chi connectivity index (χ1n) is 8.55. The van der Waals surface area contributed by atoms with Gasteiger partial charge in [0.25, 0.3) is 0 Å². The molecule has 4 rings (SSSR count). The van der Waals surface area contributed by atoms with Crippen LogP contribution in [0.3, 0.4) is 0 Å². The van der Waals surface area contributed by atoms with E-state index in [4.69, 9.17) is 4.74 Å². The van der Waals surface area contributed by atoms with Crippen molar-refractivity contribution in [3.8, 4) is 5.75 Å². The monoisotopic (exact) mass is 308 g/mol. The minimum absolute atomic E-state index is 0.776. The molecular formula is C20H24N2O. The number of likely N-dealkylation sites (N-methyl/N-ethyl adjacent to an activating group) is 1. The fraction of sp³-hybridized carbons (Fsp3) is 0.400. The van der Waals surface area contributed by atoms with Gasteiger partial charge >= 0.3 is 0 Å². The van der Waals surface area contributed by atoms with E-state index in [1.165, 1.54) is 22.4 Å². The summed E-state index contributed by atoms with van der Waals surface area (Å²) < 4.78 is 5.97. The van der Waals surface area contributed by atoms with Crippen molar-refractivity contribution in [1.29, 1.82) is 0 Å². The van der Waals surface area contributed by atoms with Crippen LogP contribution in [0.15, 0.2) is 42.5 Å². The van der Waals surface area contributed by atoms with Gasteiger partial charge in [0.1, 0.15) is 12.4 Å². The molecule has 3 heteroatoms. The molecule has 0 unspecified atom stereocenters. The Morgan fingerprint density at radius 1 is 0.957 bits per heavy atom. The van der Waals surface area contributed by atoms with Crippen molar-refractivity contribution >= 4 is 5.69 Å². The van der Waals surface area contributed by atoms with E-state index in [0.29, 0.717) is 0 Å². The summed E-state index contributed by atoms with van der Waals surface area (Å²) in [7, 11) is 2.21. The summed E-state index contributed by atoms with van der Waals surface area (Å²) in [4.78, 5) is 4.88. The van der Waals surface area contributed by atoms with Gasteiger partial charge in [-0.1, -0.05) is 30.3 Å². The summed E-state index contributed by atoms with van der Waals surface area (Å²) in [5.41, 5.74) is 5.59. The van der Waals surface area contributed by atoms with E-state index in [2.05, 4.69) is 59.3 Å². The van der Waals surface area contributed by atoms with Crippen molar-refractivity contribution in [2.24, 2.45) is 0 Å². The van der Waals surface area contributed by atoms with Crippen LogP contribution in [0.25, 0.3) is 0 Å². The lowest BCUT2D eigenvalue weighted by Crippen LogP contribution is -2.32. The fourth-order valence-electron chi connectivity index (χ4n) is 3.57. The zero-order valence-corrected chi connectivity index (χ0v) is 13.8. The third kappa shape index (κ3) is 3.06. The second-order valence-corrected chi connectivity index (χ2v) is 6.65. The molecule has 0 amide bonds. The van der Waals surface area contributed by atoms with Crippen molar-refractivity contribution in [2.75, 3.05) is 38.2 Å². The fourth-order valence-corrected chi connectivity index (χ4v) is 3.57. The highest BCUT2D eigenvalue weighted by Crippen LogP contribution is 2.36. The van der Waals surface area contributed by atoms with Crippen LogP contribution in [0, 0.1) is 0 Å². The lowest BCUT2D eigenvalue weighted by molar-refractivity contribution is 0.306. The molecule has 0 fully saturated rings. The molecule has 2 heterocycles. The Balaban J connectivity index is 1.65. The summed E-state index contributed by atoms with van der Waals surface area (Å²) >= 11 is 0. The highest BCUT2D eigenvalue weighted by molar-refractivity contribution is 5.63. The largest absolute Gasteiger partial charge is 0.490 e. The lowest BCUT2D eigenvalue weighted by Gasteiger charge is -2.32. The number of ether oxygens (including phenoxy) is 1. The van der Waals surface area contributed by atoms with Gasteiger partial charge in [0, 0.05) is 19.6 Å². The van der Waals surface area contributed by atoms with Crippen LogP contribution in [0.2, 0.25) is 0 Å². The third-order valence-electron chi connectivity index (χ3n) is 4.98. The first-order valence-corrected chi connectivity index (χ1v) is 8.55. The molecule has 0 saturated carbocycles. The van der Waals surface area contributed by atoms with Crippen molar-refractivity contribution in [1.82, 2.24) is 4.90 Å². The van der Waals surface area contributed by atoms with Crippen LogP contribution in [-0.4, -0.2) is 38.2 Å². The van der Waals surface area contributed by atoms with Gasteiger partial charge in [-0.25, -0.2) is 0 Å². The Hall–Kier alpha value is -2.00. The summed E-state index contributed by atoms with van der Waals surface area (Å²) in [6.45, 7) is 4.97. The van der Waals surface area contributed by atoms with E-state index in [1.54, 1.807) is 0 Å². The van der Waals surface area contributed by atoms with E-state index in [-0.39, 0.29) is 0 Å². The second-order valence-electron chi connectivity index (χ2n) is 6.65. The molecule has 0 aromatic heterocycles. The van der Waals surface area contributed by atoms with Gasteiger partial charge in [-0.3, -0.25) is 0 Å². The summed E-state index contributed by atoms with van der Waals surface area (Å²) in [5, 5.41) is 0. The van der Waals surface area contributed by atoms with E-state index >= 15 is 0 Å². The maximum atomic E-state index is 5.97. The molecule has 2 aromatic rings. The SMILES string of the molecule is CN1CCc2cc3c(cc2CC1)N(Cc1ccccc1)CCO3. The maximum Gasteiger partial charge on any atom is 0.142 e. The van der Waals surface area contributed by atoms with Gasteiger partial charge < -0.3 is 14.5 Å². The van der Waals surface area contributed by atoms with E-state index in [0.717, 1.165) is 51.4 Å². The Kier molecular flexibility index (Phi) is 3.96. The number of rotatable bonds is 2. The van der Waals surface area contributed by atoms with Gasteiger partial charge in [-0.2, -0.15) is 0 Å². The molecule has 2 aliphatic rings. The molecule has 120 valence electrons. The normalized spacial score (nSPS) is 17.9. The Labute approximate surface area is 138 Å². The number of nitrogens with zero attached hydrogens (tertiary/aromatic N) is 2. The van der Waals surface area contributed by atoms with Gasteiger partial charge in [0.15, 0.2) is 0 Å². The number of hydrogen-bond donors (Lipinski definition) is 0. The molecule has 0 spiro atoms. The predicted molar refractivity (Wildman–Crippen MR) is 94.3 cm³/mol. The maximum absolute atomic E-state index is 5.97. The third-order valence-corrected chi connectivity index (χ3v) is 4.98. The molecule has 0 radical (unpaired) electrons. The first kappa shape index (κ1) is 14.6. The predicted octanol–water partition coefficient (Wildman–Crippen LogP) is 3.12. The summed E-state index contributed by atoms with van der Waals surface area (Å²) in [6, 6.07) is 15.4. The van der Waals surface area contributed by atoms with Crippen LogP contribution >= 0.6 is 0 Å². The smallest absolute Gasteiger partial charge is 0.142 e. The van der Waals surface area contributed by atoms with Crippen LogP contribution in [-0.2, 0) is 19.4 Å². The quantitative estimate of drug-likeness (QED) is 0.848. The van der Waals surface area contributed by atoms with E-state index in [9.17, 15) is 0 Å². The van der Waals surface area contributed by atoms with Crippen molar-refractivity contribution in [3.63, 3.8) is 0 Å². The van der Waals surface area contributed by atoms with Crippen LogP contribution < -0.4 is 9.64 Å². The average Bonchev–Trinajstić information content (AvgIpc) is 2.76. The number of hydrogen-bond acceptors (Lipinski definition) is 3. The Morgan fingerprint density at radius 3 is 2.48 bits per heavy atom. The first-order chi connectivity index (χ1) is 11.3. The molecule has 3 nitrogen and oxygen atoms in total. The summed E-state index contributed by atoms with van der Waals surface area (Å²) in [6.07, 6.45) is 2.26. The molecule has 0 saturated heterocycles. The highest BCUT2D eigenvalue weighted by atomic mass is 16.5. The molecule has 0 N–H and O–H groups in total. The van der Waals surface area contributed by atoms with Gasteiger partial charge in [0.05, 0.1) is 12.2 Å². The number of anilines is 1.